The van der Waals surface area contributed by atoms with Gasteiger partial charge in [-0.15, -0.1) is 24.0 Å². The van der Waals surface area contributed by atoms with E-state index in [9.17, 15) is 0 Å². The van der Waals surface area contributed by atoms with Crippen LogP contribution in [0.15, 0.2) is 17.3 Å². The number of nitrogens with zero attached hydrogens (tertiary/aromatic N) is 3. The summed E-state index contributed by atoms with van der Waals surface area (Å²) in [4.78, 5) is 4.27. The summed E-state index contributed by atoms with van der Waals surface area (Å²) in [6, 6.07) is 2.01. The number of aliphatic imine (C=N–C) groups is 1. The Hall–Kier alpha value is -0.790. The van der Waals surface area contributed by atoms with E-state index in [1.54, 1.807) is 6.20 Å². The molecule has 0 saturated carbocycles. The molecule has 1 aromatic rings. The molecule has 5 nitrogen and oxygen atoms in total. The lowest BCUT2D eigenvalue weighted by molar-refractivity contribution is 0.595. The van der Waals surface area contributed by atoms with Crippen molar-refractivity contribution in [3.63, 3.8) is 0 Å². The van der Waals surface area contributed by atoms with E-state index in [2.05, 4.69) is 29.3 Å². The minimum Gasteiger partial charge on any atom is -0.370 e. The van der Waals surface area contributed by atoms with E-state index in [0.717, 1.165) is 25.9 Å². The van der Waals surface area contributed by atoms with E-state index >= 15 is 0 Å². The molecular formula is C12H24IN5. The fourth-order valence-electron chi connectivity index (χ4n) is 1.46. The lowest BCUT2D eigenvalue weighted by atomic mass is 10.1. The molecule has 0 atom stereocenters. The lowest BCUT2D eigenvalue weighted by Gasteiger charge is -2.06. The van der Waals surface area contributed by atoms with Crippen LogP contribution in [0.5, 0.6) is 0 Å². The number of rotatable bonds is 6. The second-order valence-electron chi connectivity index (χ2n) is 4.57. The predicted octanol–water partition coefficient (Wildman–Crippen LogP) is 1.53. The highest BCUT2D eigenvalue weighted by Crippen LogP contribution is 1.98. The van der Waals surface area contributed by atoms with Crippen molar-refractivity contribution in [2.75, 3.05) is 13.1 Å². The van der Waals surface area contributed by atoms with Crippen LogP contribution in [0.3, 0.4) is 0 Å². The van der Waals surface area contributed by atoms with Crippen molar-refractivity contribution in [2.24, 2.45) is 23.7 Å². The van der Waals surface area contributed by atoms with Crippen LogP contribution in [0, 0.1) is 5.92 Å². The monoisotopic (exact) mass is 365 g/mol. The van der Waals surface area contributed by atoms with Gasteiger partial charge in [0.05, 0.1) is 0 Å². The van der Waals surface area contributed by atoms with Gasteiger partial charge in [-0.3, -0.25) is 9.67 Å². The van der Waals surface area contributed by atoms with Crippen molar-refractivity contribution >= 4 is 29.9 Å². The number of halogens is 1. The summed E-state index contributed by atoms with van der Waals surface area (Å²) in [5.74, 6) is 1.20. The molecule has 0 saturated heterocycles. The van der Waals surface area contributed by atoms with E-state index < -0.39 is 0 Å². The predicted molar refractivity (Wildman–Crippen MR) is 86.3 cm³/mol. The Morgan fingerprint density at radius 3 is 2.83 bits per heavy atom. The molecule has 0 aliphatic carbocycles. The minimum atomic E-state index is 0. The summed E-state index contributed by atoms with van der Waals surface area (Å²) in [6.07, 6.45) is 3.77. The highest BCUT2D eigenvalue weighted by molar-refractivity contribution is 14.0. The van der Waals surface area contributed by atoms with Gasteiger partial charge in [0.2, 0.25) is 0 Å². The SMILES string of the molecule is CC(C)CCN=C(N)NCCc1ccnn1C.I. The molecule has 1 aromatic heterocycles. The van der Waals surface area contributed by atoms with Gasteiger partial charge >= 0.3 is 0 Å². The number of guanidine groups is 1. The van der Waals surface area contributed by atoms with Gasteiger partial charge in [-0.1, -0.05) is 13.8 Å². The topological polar surface area (TPSA) is 68.2 Å². The molecule has 0 aliphatic heterocycles. The van der Waals surface area contributed by atoms with E-state index in [-0.39, 0.29) is 24.0 Å². The first kappa shape index (κ1) is 17.2. The Morgan fingerprint density at radius 1 is 1.56 bits per heavy atom. The second kappa shape index (κ2) is 9.18. The maximum atomic E-state index is 5.75. The molecule has 3 N–H and O–H groups in total. The number of aryl methyl sites for hydroxylation is 1. The summed E-state index contributed by atoms with van der Waals surface area (Å²) in [6.45, 7) is 5.95. The maximum Gasteiger partial charge on any atom is 0.188 e. The molecule has 1 rings (SSSR count). The summed E-state index contributed by atoms with van der Waals surface area (Å²) in [5, 5.41) is 7.22. The van der Waals surface area contributed by atoms with Gasteiger partial charge in [0, 0.05) is 38.4 Å². The van der Waals surface area contributed by atoms with Crippen LogP contribution < -0.4 is 11.1 Å². The van der Waals surface area contributed by atoms with Crippen LogP contribution in [0.2, 0.25) is 0 Å². The zero-order chi connectivity index (χ0) is 12.7. The summed E-state index contributed by atoms with van der Waals surface area (Å²) < 4.78 is 1.87. The van der Waals surface area contributed by atoms with Crippen molar-refractivity contribution in [1.29, 1.82) is 0 Å². The van der Waals surface area contributed by atoms with Gasteiger partial charge < -0.3 is 11.1 Å². The molecule has 0 aromatic carbocycles. The van der Waals surface area contributed by atoms with Gasteiger partial charge in [0.25, 0.3) is 0 Å². The number of hydrogen-bond acceptors (Lipinski definition) is 2. The average Bonchev–Trinajstić information content (AvgIpc) is 2.64. The fourth-order valence-corrected chi connectivity index (χ4v) is 1.46. The number of nitrogens with one attached hydrogen (secondary N) is 1. The molecule has 0 unspecified atom stereocenters. The third-order valence-electron chi connectivity index (χ3n) is 2.60. The molecule has 0 fully saturated rings. The summed E-state index contributed by atoms with van der Waals surface area (Å²) in [5.41, 5.74) is 6.94. The largest absolute Gasteiger partial charge is 0.370 e. The Morgan fingerprint density at radius 2 is 2.28 bits per heavy atom. The number of hydrogen-bond donors (Lipinski definition) is 2. The first-order valence-electron chi connectivity index (χ1n) is 6.10. The zero-order valence-corrected chi connectivity index (χ0v) is 13.7. The van der Waals surface area contributed by atoms with Gasteiger partial charge in [0.1, 0.15) is 0 Å². The highest BCUT2D eigenvalue weighted by atomic mass is 127. The average molecular weight is 365 g/mol. The first-order chi connectivity index (χ1) is 8.09. The molecule has 0 amide bonds. The molecule has 0 radical (unpaired) electrons. The van der Waals surface area contributed by atoms with Crippen LogP contribution in [0.25, 0.3) is 0 Å². The maximum absolute atomic E-state index is 5.75. The van der Waals surface area contributed by atoms with E-state index in [0.29, 0.717) is 11.9 Å². The smallest absolute Gasteiger partial charge is 0.188 e. The van der Waals surface area contributed by atoms with Crippen LogP contribution >= 0.6 is 24.0 Å². The summed E-state index contributed by atoms with van der Waals surface area (Å²) >= 11 is 0. The fraction of sp³-hybridized carbons (Fsp3) is 0.667. The van der Waals surface area contributed by atoms with Crippen molar-refractivity contribution < 1.29 is 0 Å². The van der Waals surface area contributed by atoms with Gasteiger partial charge in [-0.2, -0.15) is 5.10 Å². The van der Waals surface area contributed by atoms with E-state index in [1.807, 2.05) is 17.8 Å². The van der Waals surface area contributed by atoms with E-state index in [4.69, 9.17) is 5.73 Å². The molecular weight excluding hydrogens is 341 g/mol. The Labute approximate surface area is 126 Å². The molecule has 104 valence electrons. The van der Waals surface area contributed by atoms with Crippen molar-refractivity contribution in [3.05, 3.63) is 18.0 Å². The third-order valence-corrected chi connectivity index (χ3v) is 2.60. The first-order valence-corrected chi connectivity index (χ1v) is 6.10. The Balaban J connectivity index is 0.00000289. The van der Waals surface area contributed by atoms with Crippen LogP contribution in [-0.4, -0.2) is 28.8 Å². The molecule has 0 spiro atoms. The van der Waals surface area contributed by atoms with Gasteiger partial charge in [0.15, 0.2) is 5.96 Å². The Bertz CT molecular complexity index is 359. The van der Waals surface area contributed by atoms with Crippen molar-refractivity contribution in [1.82, 2.24) is 15.1 Å². The molecule has 0 aliphatic rings. The number of aromatic nitrogens is 2. The van der Waals surface area contributed by atoms with Gasteiger partial charge in [-0.05, 0) is 18.4 Å². The summed E-state index contributed by atoms with van der Waals surface area (Å²) in [7, 11) is 1.94. The zero-order valence-electron chi connectivity index (χ0n) is 11.4. The van der Waals surface area contributed by atoms with Gasteiger partial charge in [-0.25, -0.2) is 0 Å². The van der Waals surface area contributed by atoms with Crippen LogP contribution in [0.1, 0.15) is 26.0 Å². The molecule has 1 heterocycles. The third kappa shape index (κ3) is 6.83. The van der Waals surface area contributed by atoms with Crippen molar-refractivity contribution in [2.45, 2.75) is 26.7 Å². The lowest BCUT2D eigenvalue weighted by Crippen LogP contribution is -2.33. The second-order valence-corrected chi connectivity index (χ2v) is 4.57. The molecule has 18 heavy (non-hydrogen) atoms. The Kier molecular flexibility index (Phi) is 8.78. The quantitative estimate of drug-likeness (QED) is 0.457. The standard InChI is InChI=1S/C12H23N5.HI/c1-10(2)4-7-14-12(13)15-8-5-11-6-9-16-17(11)3;/h6,9-10H,4-5,7-8H2,1-3H3,(H3,13,14,15);1H. The molecule has 0 bridgehead atoms. The normalized spacial score (nSPS) is 11.4. The van der Waals surface area contributed by atoms with Crippen LogP contribution in [0.4, 0.5) is 0 Å². The minimum absolute atomic E-state index is 0. The highest BCUT2D eigenvalue weighted by Gasteiger charge is 1.98. The number of nitrogens with two attached hydrogens (primary N) is 1. The molecule has 6 heteroatoms. The van der Waals surface area contributed by atoms with E-state index in [1.165, 1.54) is 5.69 Å². The van der Waals surface area contributed by atoms with Crippen LogP contribution in [-0.2, 0) is 13.5 Å². The van der Waals surface area contributed by atoms with Crippen molar-refractivity contribution in [3.8, 4) is 0 Å².